The Kier molecular flexibility index (Phi) is 10.2. The largest absolute Gasteiger partial charge is 0.390 e. The van der Waals surface area contributed by atoms with Crippen molar-refractivity contribution in [2.75, 3.05) is 19.6 Å². The Morgan fingerprint density at radius 1 is 0.976 bits per heavy atom. The van der Waals surface area contributed by atoms with Crippen molar-refractivity contribution in [2.45, 2.75) is 63.6 Å². The highest BCUT2D eigenvalue weighted by Crippen LogP contribution is 2.45. The molecule has 3 aromatic rings. The number of pyridine rings is 1. The number of nitrogens with zero attached hydrogens (tertiary/aromatic N) is 2. The molecule has 1 aromatic heterocycles. The lowest BCUT2D eigenvalue weighted by molar-refractivity contribution is 0.0755. The van der Waals surface area contributed by atoms with Crippen LogP contribution in [0.15, 0.2) is 67.0 Å². The van der Waals surface area contributed by atoms with E-state index in [-0.39, 0.29) is 30.0 Å². The summed E-state index contributed by atoms with van der Waals surface area (Å²) in [6.45, 7) is 5.33. The van der Waals surface area contributed by atoms with Crippen molar-refractivity contribution in [3.8, 4) is 0 Å². The molecular formula is C32H38F2N4O3. The minimum Gasteiger partial charge on any atom is -0.390 e. The summed E-state index contributed by atoms with van der Waals surface area (Å²) >= 11 is 0. The highest BCUT2D eigenvalue weighted by Gasteiger charge is 2.44. The maximum absolute atomic E-state index is 14.0. The van der Waals surface area contributed by atoms with Gasteiger partial charge in [-0.1, -0.05) is 44.2 Å². The third-order valence-corrected chi connectivity index (χ3v) is 7.41. The summed E-state index contributed by atoms with van der Waals surface area (Å²) in [5, 5.41) is 17.5. The van der Waals surface area contributed by atoms with Crippen LogP contribution in [0.25, 0.3) is 0 Å². The fourth-order valence-electron chi connectivity index (χ4n) is 5.13. The molecule has 0 spiro atoms. The number of carbonyl (C=O) groups excluding carboxylic acids is 2. The fraction of sp³-hybridized carbons (Fsp3) is 0.406. The minimum atomic E-state index is -1.08. The number of benzene rings is 2. The zero-order valence-electron chi connectivity index (χ0n) is 23.6. The lowest BCUT2D eigenvalue weighted by atomic mass is 9.99. The first-order chi connectivity index (χ1) is 19.7. The van der Waals surface area contributed by atoms with E-state index in [0.717, 1.165) is 37.3 Å². The van der Waals surface area contributed by atoms with Crippen molar-refractivity contribution in [1.29, 1.82) is 0 Å². The quantitative estimate of drug-likeness (QED) is 0.266. The Bertz CT molecular complexity index is 1310. The Morgan fingerprint density at radius 2 is 1.61 bits per heavy atom. The van der Waals surface area contributed by atoms with Crippen LogP contribution in [0.3, 0.4) is 0 Å². The minimum absolute atomic E-state index is 0.00552. The van der Waals surface area contributed by atoms with Crippen LogP contribution >= 0.6 is 0 Å². The topological polar surface area (TPSA) is 94.6 Å². The Labute approximate surface area is 240 Å². The van der Waals surface area contributed by atoms with Crippen molar-refractivity contribution < 1.29 is 23.5 Å². The zero-order valence-corrected chi connectivity index (χ0v) is 23.6. The van der Waals surface area contributed by atoms with Crippen molar-refractivity contribution in [3.05, 3.63) is 101 Å². The number of rotatable bonds is 14. The number of hydrogen-bond acceptors (Lipinski definition) is 5. The van der Waals surface area contributed by atoms with Crippen molar-refractivity contribution >= 4 is 11.8 Å². The molecule has 0 unspecified atom stereocenters. The summed E-state index contributed by atoms with van der Waals surface area (Å²) in [7, 11) is 0. The van der Waals surface area contributed by atoms with E-state index in [1.54, 1.807) is 4.90 Å². The number of halogens is 2. The second-order valence-corrected chi connectivity index (χ2v) is 10.7. The third kappa shape index (κ3) is 7.95. The first-order valence-electron chi connectivity index (χ1n) is 14.2. The predicted molar refractivity (Wildman–Crippen MR) is 153 cm³/mol. The molecule has 1 aliphatic rings. The van der Waals surface area contributed by atoms with Gasteiger partial charge in [-0.3, -0.25) is 14.6 Å². The molecule has 1 heterocycles. The second-order valence-electron chi connectivity index (χ2n) is 10.7. The van der Waals surface area contributed by atoms with Gasteiger partial charge in [0.2, 0.25) is 0 Å². The van der Waals surface area contributed by atoms with Crippen molar-refractivity contribution in [1.82, 2.24) is 20.5 Å². The number of hydrogen-bond donors (Lipinski definition) is 3. The lowest BCUT2D eigenvalue weighted by Crippen LogP contribution is -2.50. The predicted octanol–water partition coefficient (Wildman–Crippen LogP) is 4.60. The molecule has 0 saturated heterocycles. The highest BCUT2D eigenvalue weighted by molar-refractivity contribution is 5.99. The monoisotopic (exact) mass is 564 g/mol. The van der Waals surface area contributed by atoms with Crippen LogP contribution in [0.2, 0.25) is 0 Å². The van der Waals surface area contributed by atoms with E-state index in [2.05, 4.69) is 15.6 Å². The number of carbonyl (C=O) groups is 2. The lowest BCUT2D eigenvalue weighted by Gasteiger charge is -2.27. The van der Waals surface area contributed by atoms with Gasteiger partial charge in [0.05, 0.1) is 23.3 Å². The number of aromatic nitrogens is 1. The van der Waals surface area contributed by atoms with E-state index >= 15 is 0 Å². The molecule has 3 N–H and O–H groups in total. The van der Waals surface area contributed by atoms with Gasteiger partial charge in [0, 0.05) is 43.6 Å². The Morgan fingerprint density at radius 3 is 2.22 bits per heavy atom. The molecule has 2 aromatic carbocycles. The second kappa shape index (κ2) is 13.8. The molecule has 0 aliphatic heterocycles. The highest BCUT2D eigenvalue weighted by atomic mass is 19.1. The van der Waals surface area contributed by atoms with Crippen LogP contribution in [0.5, 0.6) is 0 Å². The van der Waals surface area contributed by atoms with Crippen LogP contribution in [-0.4, -0.2) is 58.6 Å². The summed E-state index contributed by atoms with van der Waals surface area (Å²) in [6, 6.07) is 13.7. The molecular weight excluding hydrogens is 526 g/mol. The molecule has 0 bridgehead atoms. The molecule has 41 heavy (non-hydrogen) atoms. The fourth-order valence-corrected chi connectivity index (χ4v) is 5.13. The summed E-state index contributed by atoms with van der Waals surface area (Å²) in [5.74, 6) is -2.23. The molecule has 4 rings (SSSR count). The molecule has 1 fully saturated rings. The number of aliphatic hydroxyl groups is 1. The van der Waals surface area contributed by atoms with Gasteiger partial charge in [-0.15, -0.1) is 0 Å². The zero-order chi connectivity index (χ0) is 29.4. The maximum atomic E-state index is 14.0. The Balaban J connectivity index is 1.52. The molecule has 9 heteroatoms. The van der Waals surface area contributed by atoms with Crippen molar-refractivity contribution in [2.24, 2.45) is 0 Å². The molecule has 1 saturated carbocycles. The standard InChI is InChI=1S/C32H38F2N4O3/c1-3-12-38(13-4-2)31(41)24-17-23(19-35-20-24)30(40)37-28(16-22-14-26(33)18-27(34)15-22)29(39)21-36-32(10-11-32)25-8-6-5-7-9-25/h5-9,14-15,17-20,28-29,36,39H,3-4,10-13,16,21H2,1-2H3,(H,37,40)/t28-,29+/m0/s1. The number of nitrogens with one attached hydrogen (secondary N) is 2. The van der Waals surface area contributed by atoms with Crippen LogP contribution in [0, 0.1) is 11.6 Å². The van der Waals surface area contributed by atoms with E-state index in [4.69, 9.17) is 0 Å². The van der Waals surface area contributed by atoms with E-state index in [9.17, 15) is 23.5 Å². The number of amides is 2. The van der Waals surface area contributed by atoms with E-state index < -0.39 is 29.7 Å². The molecule has 0 radical (unpaired) electrons. The van der Waals surface area contributed by atoms with Gasteiger partial charge in [-0.2, -0.15) is 0 Å². The van der Waals surface area contributed by atoms with Gasteiger partial charge in [0.15, 0.2) is 0 Å². The van der Waals surface area contributed by atoms with Gasteiger partial charge in [-0.25, -0.2) is 8.78 Å². The summed E-state index contributed by atoms with van der Waals surface area (Å²) in [5.41, 5.74) is 1.62. The molecule has 1 aliphatic carbocycles. The van der Waals surface area contributed by atoms with Gasteiger partial charge in [-0.05, 0) is 61.4 Å². The number of aliphatic hydroxyl groups excluding tert-OH is 1. The van der Waals surface area contributed by atoms with E-state index in [1.165, 1.54) is 30.6 Å². The smallest absolute Gasteiger partial charge is 0.255 e. The van der Waals surface area contributed by atoms with Gasteiger partial charge in [0.1, 0.15) is 11.6 Å². The molecule has 7 nitrogen and oxygen atoms in total. The van der Waals surface area contributed by atoms with Gasteiger partial charge in [0.25, 0.3) is 11.8 Å². The molecule has 2 amide bonds. The van der Waals surface area contributed by atoms with Gasteiger partial charge < -0.3 is 20.6 Å². The van der Waals surface area contributed by atoms with Gasteiger partial charge >= 0.3 is 0 Å². The maximum Gasteiger partial charge on any atom is 0.255 e. The van der Waals surface area contributed by atoms with Crippen LogP contribution in [-0.2, 0) is 12.0 Å². The van der Waals surface area contributed by atoms with Crippen LogP contribution in [0.4, 0.5) is 8.78 Å². The SMILES string of the molecule is CCCN(CCC)C(=O)c1cncc(C(=O)N[C@@H](Cc2cc(F)cc(F)c2)[C@H](O)CNC2(c3ccccc3)CC2)c1. The van der Waals surface area contributed by atoms with E-state index in [0.29, 0.717) is 24.2 Å². The molecule has 218 valence electrons. The average Bonchev–Trinajstić information content (AvgIpc) is 3.76. The average molecular weight is 565 g/mol. The summed E-state index contributed by atoms with van der Waals surface area (Å²) in [4.78, 5) is 32.3. The van der Waals surface area contributed by atoms with Crippen LogP contribution < -0.4 is 10.6 Å². The third-order valence-electron chi connectivity index (χ3n) is 7.41. The normalized spacial score (nSPS) is 15.1. The molecule has 2 atom stereocenters. The van der Waals surface area contributed by atoms with Crippen molar-refractivity contribution in [3.63, 3.8) is 0 Å². The Hall–Kier alpha value is -3.69. The first-order valence-corrected chi connectivity index (χ1v) is 14.2. The summed E-state index contributed by atoms with van der Waals surface area (Å²) in [6.07, 6.45) is 5.14. The van der Waals surface area contributed by atoms with E-state index in [1.807, 2.05) is 44.2 Å². The van der Waals surface area contributed by atoms with Crippen LogP contribution in [0.1, 0.15) is 71.4 Å². The summed E-state index contributed by atoms with van der Waals surface area (Å²) < 4.78 is 27.9. The first kappa shape index (κ1) is 30.3.